The molecule has 49 heavy (non-hydrogen) atoms. The summed E-state index contributed by atoms with van der Waals surface area (Å²) in [5.41, 5.74) is 2.47. The Labute approximate surface area is 291 Å². The smallest absolute Gasteiger partial charge is 0.410 e. The van der Waals surface area contributed by atoms with Gasteiger partial charge in [0.2, 0.25) is 0 Å². The summed E-state index contributed by atoms with van der Waals surface area (Å²) in [7, 11) is 1.66. The van der Waals surface area contributed by atoms with Crippen molar-refractivity contribution in [1.29, 1.82) is 0 Å². The first-order valence-corrected chi connectivity index (χ1v) is 17.1. The molecule has 1 aliphatic heterocycles. The molecule has 1 N–H and O–H groups in total. The van der Waals surface area contributed by atoms with E-state index in [2.05, 4.69) is 12.1 Å². The summed E-state index contributed by atoms with van der Waals surface area (Å²) < 4.78 is 41.0. The number of amides is 1. The molecule has 1 heterocycles. The summed E-state index contributed by atoms with van der Waals surface area (Å²) in [5, 5.41) is 9.51. The standard InChI is InChI=1S/C39H53NO9/c1-29(41)26-45-28-32-12-7-9-14-36(32)47-23-24-48-37-25-40(38(42)49-39(2,3)4)20-19-34(37)30-15-17-33(18-16-30)46-22-10-21-44-27-31-11-6-8-13-35(31)43-5/h6-9,11-18,29,34,37,41H,10,19-28H2,1-5H3. The number of hydrogen-bond acceptors (Lipinski definition) is 9. The van der Waals surface area contributed by atoms with Crippen LogP contribution in [0.1, 0.15) is 63.1 Å². The highest BCUT2D eigenvalue weighted by Gasteiger charge is 2.35. The van der Waals surface area contributed by atoms with E-state index in [0.29, 0.717) is 58.5 Å². The maximum atomic E-state index is 13.0. The number of aliphatic hydroxyl groups excluding tert-OH is 1. The van der Waals surface area contributed by atoms with Crippen LogP contribution < -0.4 is 14.2 Å². The number of hydrogen-bond donors (Lipinski definition) is 1. The molecular formula is C39H53NO9. The zero-order chi connectivity index (χ0) is 35.1. The quantitative estimate of drug-likeness (QED) is 0.146. The predicted octanol–water partition coefficient (Wildman–Crippen LogP) is 6.77. The van der Waals surface area contributed by atoms with Crippen molar-refractivity contribution in [2.24, 2.45) is 0 Å². The zero-order valence-electron chi connectivity index (χ0n) is 29.6. The van der Waals surface area contributed by atoms with Gasteiger partial charge in [-0.15, -0.1) is 0 Å². The maximum Gasteiger partial charge on any atom is 0.410 e. The monoisotopic (exact) mass is 679 g/mol. The van der Waals surface area contributed by atoms with Gasteiger partial charge in [-0.3, -0.25) is 0 Å². The molecule has 1 amide bonds. The van der Waals surface area contributed by atoms with Gasteiger partial charge in [-0.2, -0.15) is 0 Å². The average molecular weight is 680 g/mol. The van der Waals surface area contributed by atoms with E-state index in [1.807, 2.05) is 81.4 Å². The van der Waals surface area contributed by atoms with Crippen LogP contribution in [-0.2, 0) is 32.2 Å². The number of carbonyl (C=O) groups excluding carboxylic acids is 1. The molecule has 0 saturated carbocycles. The molecule has 268 valence electrons. The van der Waals surface area contributed by atoms with E-state index >= 15 is 0 Å². The first kappa shape index (κ1) is 38.0. The third kappa shape index (κ3) is 12.9. The van der Waals surface area contributed by atoms with Crippen LogP contribution in [0.5, 0.6) is 17.2 Å². The molecule has 0 bridgehead atoms. The lowest BCUT2D eigenvalue weighted by atomic mass is 9.87. The molecule has 1 aliphatic rings. The second-order valence-electron chi connectivity index (χ2n) is 13.2. The largest absolute Gasteiger partial charge is 0.496 e. The fourth-order valence-corrected chi connectivity index (χ4v) is 5.58. The summed E-state index contributed by atoms with van der Waals surface area (Å²) in [6.45, 7) is 11.2. The van der Waals surface area contributed by atoms with Crippen molar-refractivity contribution in [3.8, 4) is 17.2 Å². The maximum absolute atomic E-state index is 13.0. The first-order chi connectivity index (χ1) is 23.6. The van der Waals surface area contributed by atoms with Crippen molar-refractivity contribution in [2.75, 3.05) is 53.2 Å². The average Bonchev–Trinajstić information content (AvgIpc) is 3.08. The number of piperidine rings is 1. The summed E-state index contributed by atoms with van der Waals surface area (Å²) in [5.74, 6) is 2.41. The van der Waals surface area contributed by atoms with Crippen molar-refractivity contribution in [1.82, 2.24) is 4.90 Å². The number of nitrogens with zero attached hydrogens (tertiary/aromatic N) is 1. The van der Waals surface area contributed by atoms with Crippen molar-refractivity contribution in [3.05, 3.63) is 89.5 Å². The lowest BCUT2D eigenvalue weighted by Crippen LogP contribution is -2.48. The summed E-state index contributed by atoms with van der Waals surface area (Å²) >= 11 is 0. The molecule has 3 aromatic rings. The molecule has 10 nitrogen and oxygen atoms in total. The minimum atomic E-state index is -0.582. The number of methoxy groups -OCH3 is 1. The van der Waals surface area contributed by atoms with Gasteiger partial charge in [0, 0.05) is 30.0 Å². The van der Waals surface area contributed by atoms with Crippen molar-refractivity contribution >= 4 is 6.09 Å². The summed E-state index contributed by atoms with van der Waals surface area (Å²) in [6.07, 6.45) is 0.379. The van der Waals surface area contributed by atoms with Crippen LogP contribution in [-0.4, -0.2) is 87.1 Å². The van der Waals surface area contributed by atoms with Gasteiger partial charge in [0.1, 0.15) is 29.5 Å². The van der Waals surface area contributed by atoms with Crippen molar-refractivity contribution in [2.45, 2.75) is 77.5 Å². The van der Waals surface area contributed by atoms with Crippen LogP contribution in [0.25, 0.3) is 0 Å². The molecule has 0 spiro atoms. The molecule has 4 rings (SSSR count). The highest BCUT2D eigenvalue weighted by atomic mass is 16.6. The molecule has 3 aromatic carbocycles. The second kappa shape index (κ2) is 19.4. The fourth-order valence-electron chi connectivity index (χ4n) is 5.58. The molecule has 0 radical (unpaired) electrons. The molecular weight excluding hydrogens is 626 g/mol. The highest BCUT2D eigenvalue weighted by Crippen LogP contribution is 2.32. The zero-order valence-corrected chi connectivity index (χ0v) is 29.6. The van der Waals surface area contributed by atoms with Gasteiger partial charge in [-0.25, -0.2) is 4.79 Å². The van der Waals surface area contributed by atoms with Crippen LogP contribution in [0, 0.1) is 0 Å². The van der Waals surface area contributed by atoms with E-state index in [1.165, 1.54) is 0 Å². The van der Waals surface area contributed by atoms with Gasteiger partial charge in [-0.05, 0) is 63.9 Å². The number of para-hydroxylation sites is 2. The lowest BCUT2D eigenvalue weighted by Gasteiger charge is -2.39. The Balaban J connectivity index is 1.29. The van der Waals surface area contributed by atoms with Gasteiger partial charge in [0.25, 0.3) is 0 Å². The molecule has 10 heteroatoms. The number of rotatable bonds is 18. The third-order valence-corrected chi connectivity index (χ3v) is 7.93. The number of benzene rings is 3. The Morgan fingerprint density at radius 3 is 2.22 bits per heavy atom. The molecule has 1 saturated heterocycles. The fraction of sp³-hybridized carbons (Fsp3) is 0.513. The normalized spacial score (nSPS) is 17.0. The highest BCUT2D eigenvalue weighted by molar-refractivity contribution is 5.68. The van der Waals surface area contributed by atoms with Gasteiger partial charge < -0.3 is 43.2 Å². The van der Waals surface area contributed by atoms with E-state index in [9.17, 15) is 9.90 Å². The minimum absolute atomic E-state index is 0.0808. The molecule has 0 aliphatic carbocycles. The summed E-state index contributed by atoms with van der Waals surface area (Å²) in [4.78, 5) is 14.7. The van der Waals surface area contributed by atoms with E-state index in [4.69, 9.17) is 33.2 Å². The number of ether oxygens (including phenoxy) is 7. The van der Waals surface area contributed by atoms with Crippen LogP contribution in [0.3, 0.4) is 0 Å². The Kier molecular flexibility index (Phi) is 15.0. The SMILES string of the molecule is COc1ccccc1COCCCOc1ccc(C2CCN(C(=O)OC(C)(C)C)CC2OCCOc2ccccc2COCC(C)O)cc1. The van der Waals surface area contributed by atoms with Crippen molar-refractivity contribution < 1.29 is 43.1 Å². The van der Waals surface area contributed by atoms with E-state index in [-0.39, 0.29) is 24.7 Å². The van der Waals surface area contributed by atoms with E-state index in [0.717, 1.165) is 41.0 Å². The third-order valence-electron chi connectivity index (χ3n) is 7.93. The van der Waals surface area contributed by atoms with Crippen molar-refractivity contribution in [3.63, 3.8) is 0 Å². The van der Waals surface area contributed by atoms with Gasteiger partial charge in [-0.1, -0.05) is 48.5 Å². The topological polar surface area (TPSA) is 105 Å². The lowest BCUT2D eigenvalue weighted by molar-refractivity contribution is -0.0360. The van der Waals surface area contributed by atoms with Gasteiger partial charge in [0.05, 0.1) is 65.5 Å². The molecule has 3 unspecified atom stereocenters. The molecule has 3 atom stereocenters. The second-order valence-corrected chi connectivity index (χ2v) is 13.2. The van der Waals surface area contributed by atoms with Gasteiger partial charge in [0.15, 0.2) is 0 Å². The Hall–Kier alpha value is -3.83. The number of carbonyl (C=O) groups is 1. The Morgan fingerprint density at radius 1 is 0.857 bits per heavy atom. The predicted molar refractivity (Wildman–Crippen MR) is 187 cm³/mol. The Bertz CT molecular complexity index is 1410. The van der Waals surface area contributed by atoms with Gasteiger partial charge >= 0.3 is 6.09 Å². The first-order valence-electron chi connectivity index (χ1n) is 17.1. The summed E-state index contributed by atoms with van der Waals surface area (Å²) in [6, 6.07) is 23.7. The molecule has 0 aromatic heterocycles. The Morgan fingerprint density at radius 2 is 1.53 bits per heavy atom. The number of aliphatic hydroxyl groups is 1. The van der Waals surface area contributed by atoms with Crippen LogP contribution in [0.2, 0.25) is 0 Å². The molecule has 1 fully saturated rings. The van der Waals surface area contributed by atoms with E-state index < -0.39 is 11.7 Å². The number of likely N-dealkylation sites (tertiary alicyclic amines) is 1. The van der Waals surface area contributed by atoms with E-state index in [1.54, 1.807) is 18.9 Å². The minimum Gasteiger partial charge on any atom is -0.496 e. The van der Waals surface area contributed by atoms with Crippen LogP contribution >= 0.6 is 0 Å². The van der Waals surface area contributed by atoms with Crippen LogP contribution in [0.15, 0.2) is 72.8 Å². The van der Waals surface area contributed by atoms with Crippen LogP contribution in [0.4, 0.5) is 4.79 Å².